The lowest BCUT2D eigenvalue weighted by Gasteiger charge is -2.04. The Morgan fingerprint density at radius 2 is 1.59 bits per heavy atom. The first-order valence-electron chi connectivity index (χ1n) is 6.28. The number of hydrogen-bond donors (Lipinski definition) is 1. The maximum Gasteiger partial charge on any atom is 0.336 e. The van der Waals surface area contributed by atoms with Gasteiger partial charge < -0.3 is 5.11 Å². The molecule has 0 radical (unpaired) electrons. The topological polar surface area (TPSA) is 71.4 Å². The minimum atomic E-state index is -3.26. The number of sulfone groups is 1. The summed E-state index contributed by atoms with van der Waals surface area (Å²) in [5.74, 6) is -1.05. The highest BCUT2D eigenvalue weighted by atomic mass is 79.9. The first-order valence-corrected chi connectivity index (χ1v) is 8.97. The molecular formula is C16H13BrO4S. The normalized spacial score (nSPS) is 12.2. The van der Waals surface area contributed by atoms with Crippen molar-refractivity contribution in [3.63, 3.8) is 0 Å². The van der Waals surface area contributed by atoms with E-state index in [0.717, 1.165) is 10.7 Å². The Balaban J connectivity index is 2.43. The average molecular weight is 381 g/mol. The van der Waals surface area contributed by atoms with Crippen LogP contribution in [0.1, 0.15) is 11.1 Å². The van der Waals surface area contributed by atoms with E-state index >= 15 is 0 Å². The highest BCUT2D eigenvalue weighted by molar-refractivity contribution is 9.10. The van der Waals surface area contributed by atoms with Gasteiger partial charge in [0.15, 0.2) is 9.84 Å². The molecule has 0 amide bonds. The second-order valence-corrected chi connectivity index (χ2v) is 7.64. The van der Waals surface area contributed by atoms with Crippen LogP contribution in [0.3, 0.4) is 0 Å². The Morgan fingerprint density at radius 1 is 1.05 bits per heavy atom. The summed E-state index contributed by atoms with van der Waals surface area (Å²) in [6.45, 7) is 0. The molecule has 4 nitrogen and oxygen atoms in total. The molecule has 0 saturated carbocycles. The quantitative estimate of drug-likeness (QED) is 0.650. The third-order valence-corrected chi connectivity index (χ3v) is 4.66. The molecule has 22 heavy (non-hydrogen) atoms. The van der Waals surface area contributed by atoms with Crippen molar-refractivity contribution in [1.82, 2.24) is 0 Å². The second-order valence-electron chi connectivity index (χ2n) is 4.71. The van der Waals surface area contributed by atoms with Gasteiger partial charge in [0, 0.05) is 10.7 Å². The molecule has 0 fully saturated rings. The number of carbonyl (C=O) groups is 1. The molecule has 0 bridgehead atoms. The Bertz CT molecular complexity index is 819. The van der Waals surface area contributed by atoms with Gasteiger partial charge in [0.25, 0.3) is 0 Å². The van der Waals surface area contributed by atoms with Crippen molar-refractivity contribution in [2.24, 2.45) is 0 Å². The van der Waals surface area contributed by atoms with E-state index in [1.165, 1.54) is 18.2 Å². The summed E-state index contributed by atoms with van der Waals surface area (Å²) in [6.07, 6.45) is 2.64. The average Bonchev–Trinajstić information content (AvgIpc) is 2.45. The summed E-state index contributed by atoms with van der Waals surface area (Å²) >= 11 is 3.30. The zero-order valence-electron chi connectivity index (χ0n) is 11.7. The van der Waals surface area contributed by atoms with Crippen molar-refractivity contribution < 1.29 is 18.3 Å². The van der Waals surface area contributed by atoms with E-state index in [-0.39, 0.29) is 10.5 Å². The van der Waals surface area contributed by atoms with Crippen LogP contribution in [0.15, 0.2) is 57.9 Å². The van der Waals surface area contributed by atoms with Gasteiger partial charge in [-0.15, -0.1) is 0 Å². The van der Waals surface area contributed by atoms with Crippen LogP contribution < -0.4 is 0 Å². The predicted octanol–water partition coefficient (Wildman–Crippen LogP) is 3.48. The van der Waals surface area contributed by atoms with Crippen LogP contribution >= 0.6 is 15.9 Å². The van der Waals surface area contributed by atoms with Crippen molar-refractivity contribution in [3.8, 4) is 0 Å². The Labute approximate surface area is 137 Å². The molecule has 0 aromatic heterocycles. The third kappa shape index (κ3) is 4.05. The summed E-state index contributed by atoms with van der Waals surface area (Å²) < 4.78 is 23.7. The lowest BCUT2D eigenvalue weighted by atomic mass is 10.0. The molecule has 2 aromatic carbocycles. The number of rotatable bonds is 4. The molecule has 114 valence electrons. The van der Waals surface area contributed by atoms with Crippen LogP contribution in [0.5, 0.6) is 0 Å². The summed E-state index contributed by atoms with van der Waals surface area (Å²) in [7, 11) is -3.26. The largest absolute Gasteiger partial charge is 0.478 e. The lowest BCUT2D eigenvalue weighted by Crippen LogP contribution is -2.00. The molecule has 0 aliphatic heterocycles. The third-order valence-electron chi connectivity index (χ3n) is 3.00. The lowest BCUT2D eigenvalue weighted by molar-refractivity contribution is -0.130. The monoisotopic (exact) mass is 380 g/mol. The van der Waals surface area contributed by atoms with Crippen LogP contribution in [-0.2, 0) is 14.6 Å². The molecule has 2 aromatic rings. The molecule has 2 rings (SSSR count). The number of hydrogen-bond acceptors (Lipinski definition) is 3. The fraction of sp³-hybridized carbons (Fsp3) is 0.0625. The molecular weight excluding hydrogens is 368 g/mol. The molecule has 0 saturated heterocycles. The molecule has 0 aliphatic carbocycles. The SMILES string of the molecule is CS(=O)(=O)c1ccc(/C=C(/C(=O)O)c2ccc(Br)cc2)cc1. The first kappa shape index (κ1) is 16.5. The summed E-state index contributed by atoms with van der Waals surface area (Å²) in [5.41, 5.74) is 1.33. The number of carboxylic acids is 1. The fourth-order valence-corrected chi connectivity index (χ4v) is 2.77. The summed E-state index contributed by atoms with van der Waals surface area (Å²) in [4.78, 5) is 11.6. The minimum absolute atomic E-state index is 0.139. The van der Waals surface area contributed by atoms with Crippen molar-refractivity contribution in [3.05, 3.63) is 64.1 Å². The summed E-state index contributed by atoms with van der Waals surface area (Å²) in [5, 5.41) is 9.37. The van der Waals surface area contributed by atoms with Gasteiger partial charge in [0.05, 0.1) is 10.5 Å². The van der Waals surface area contributed by atoms with Crippen molar-refractivity contribution in [2.45, 2.75) is 4.90 Å². The Hall–Kier alpha value is -1.92. The molecule has 0 unspecified atom stereocenters. The van der Waals surface area contributed by atoms with Crippen molar-refractivity contribution in [2.75, 3.05) is 6.26 Å². The van der Waals surface area contributed by atoms with Gasteiger partial charge in [-0.2, -0.15) is 0 Å². The van der Waals surface area contributed by atoms with E-state index < -0.39 is 15.8 Å². The highest BCUT2D eigenvalue weighted by Crippen LogP contribution is 2.21. The number of benzene rings is 2. The van der Waals surface area contributed by atoms with Crippen molar-refractivity contribution in [1.29, 1.82) is 0 Å². The van der Waals surface area contributed by atoms with E-state index in [2.05, 4.69) is 15.9 Å². The standard InChI is InChI=1S/C16H13BrO4S/c1-22(20,21)14-8-2-11(3-9-14)10-15(16(18)19)12-4-6-13(17)7-5-12/h2-10H,1H3,(H,18,19)/b15-10+. The van der Waals surface area contributed by atoms with Gasteiger partial charge >= 0.3 is 5.97 Å². The van der Waals surface area contributed by atoms with Crippen LogP contribution in [0.4, 0.5) is 0 Å². The Morgan fingerprint density at radius 3 is 2.05 bits per heavy atom. The number of aliphatic carboxylic acids is 1. The maximum atomic E-state index is 11.4. The van der Waals surface area contributed by atoms with E-state index in [1.807, 2.05) is 0 Å². The maximum absolute atomic E-state index is 11.4. The Kier molecular flexibility index (Phi) is 4.83. The zero-order chi connectivity index (χ0) is 16.3. The van der Waals surface area contributed by atoms with E-state index in [4.69, 9.17) is 0 Å². The molecule has 6 heteroatoms. The zero-order valence-corrected chi connectivity index (χ0v) is 14.1. The van der Waals surface area contributed by atoms with E-state index in [0.29, 0.717) is 11.1 Å². The molecule has 0 aliphatic rings. The van der Waals surface area contributed by atoms with Crippen LogP contribution in [0, 0.1) is 0 Å². The fourth-order valence-electron chi connectivity index (χ4n) is 1.88. The second kappa shape index (κ2) is 6.46. The number of halogens is 1. The van der Waals surface area contributed by atoms with Crippen LogP contribution in [-0.4, -0.2) is 25.7 Å². The van der Waals surface area contributed by atoms with E-state index in [1.54, 1.807) is 36.4 Å². The number of carboxylic acid groups (broad SMARTS) is 1. The van der Waals surface area contributed by atoms with Gasteiger partial charge in [-0.25, -0.2) is 13.2 Å². The van der Waals surface area contributed by atoms with Gasteiger partial charge in [-0.05, 0) is 41.5 Å². The molecule has 0 atom stereocenters. The molecule has 0 spiro atoms. The first-order chi connectivity index (χ1) is 10.3. The highest BCUT2D eigenvalue weighted by Gasteiger charge is 2.11. The van der Waals surface area contributed by atoms with E-state index in [9.17, 15) is 18.3 Å². The smallest absolute Gasteiger partial charge is 0.336 e. The van der Waals surface area contributed by atoms with Crippen LogP contribution in [0.25, 0.3) is 11.6 Å². The minimum Gasteiger partial charge on any atom is -0.478 e. The molecule has 1 N–H and O–H groups in total. The van der Waals surface area contributed by atoms with Gasteiger partial charge in [0.1, 0.15) is 0 Å². The van der Waals surface area contributed by atoms with Gasteiger partial charge in [-0.3, -0.25) is 0 Å². The van der Waals surface area contributed by atoms with Crippen LogP contribution in [0.2, 0.25) is 0 Å². The van der Waals surface area contributed by atoms with Crippen molar-refractivity contribution >= 4 is 43.4 Å². The van der Waals surface area contributed by atoms with Gasteiger partial charge in [0.2, 0.25) is 0 Å². The molecule has 0 heterocycles. The predicted molar refractivity (Wildman–Crippen MR) is 89.2 cm³/mol. The summed E-state index contributed by atoms with van der Waals surface area (Å²) in [6, 6.07) is 13.0. The van der Waals surface area contributed by atoms with Gasteiger partial charge in [-0.1, -0.05) is 40.2 Å².